The van der Waals surface area contributed by atoms with Gasteiger partial charge in [-0.25, -0.2) is 9.98 Å². The molecule has 9 rings (SSSR count). The number of para-hydroxylation sites is 2. The lowest BCUT2D eigenvalue weighted by Gasteiger charge is -2.34. The molecule has 5 nitrogen and oxygen atoms in total. The van der Waals surface area contributed by atoms with Crippen LogP contribution in [0, 0.1) is 0 Å². The minimum Gasteiger partial charge on any atom is -0.452 e. The van der Waals surface area contributed by atoms with E-state index in [0.29, 0.717) is 18.2 Å². The summed E-state index contributed by atoms with van der Waals surface area (Å²) in [7, 11) is 0. The molecule has 0 atom stereocenters. The Morgan fingerprint density at radius 3 is 2.23 bits per heavy atom. The molecule has 0 fully saturated rings. The van der Waals surface area contributed by atoms with Crippen LogP contribution in [0.3, 0.4) is 0 Å². The topological polar surface area (TPSA) is 49.5 Å². The van der Waals surface area contributed by atoms with Gasteiger partial charge in [-0.05, 0) is 65.2 Å². The first kappa shape index (κ1) is 34.6. The number of hydrogen-bond donors (Lipinski definition) is 0. The van der Waals surface area contributed by atoms with Gasteiger partial charge < -0.3 is 9.64 Å². The lowest BCUT2D eigenvalue weighted by atomic mass is 9.98. The number of anilines is 3. The van der Waals surface area contributed by atoms with E-state index in [4.69, 9.17) is 14.7 Å². The van der Waals surface area contributed by atoms with Crippen molar-refractivity contribution < 1.29 is 4.74 Å². The van der Waals surface area contributed by atoms with Crippen LogP contribution in [0.4, 0.5) is 17.1 Å². The number of thiophene rings is 1. The molecule has 1 aliphatic heterocycles. The Morgan fingerprint density at radius 1 is 0.714 bits per heavy atom. The number of ether oxygens (including phenoxy) is 1. The molecule has 6 heteroatoms. The van der Waals surface area contributed by atoms with Crippen molar-refractivity contribution in [2.75, 3.05) is 4.90 Å². The van der Waals surface area contributed by atoms with E-state index in [1.165, 1.54) is 25.6 Å². The maximum atomic E-state index is 6.84. The van der Waals surface area contributed by atoms with Crippen LogP contribution in [0.15, 0.2) is 204 Å². The average molecular weight is 741 g/mol. The second-order valence-corrected chi connectivity index (χ2v) is 14.4. The summed E-state index contributed by atoms with van der Waals surface area (Å²) in [6.07, 6.45) is 5.29. The molecule has 56 heavy (non-hydrogen) atoms. The van der Waals surface area contributed by atoms with Gasteiger partial charge in [-0.2, -0.15) is 0 Å². The van der Waals surface area contributed by atoms with Crippen molar-refractivity contribution in [3.63, 3.8) is 0 Å². The molecule has 0 saturated heterocycles. The van der Waals surface area contributed by atoms with Crippen LogP contribution in [-0.4, -0.2) is 18.4 Å². The maximum Gasteiger partial charge on any atom is 0.161 e. The number of rotatable bonds is 8. The molecule has 0 N–H and O–H groups in total. The number of aliphatic imine (C=N–C) groups is 3. The highest BCUT2D eigenvalue weighted by Crippen LogP contribution is 2.58. The van der Waals surface area contributed by atoms with Gasteiger partial charge in [0.25, 0.3) is 0 Å². The molecule has 0 aliphatic carbocycles. The van der Waals surface area contributed by atoms with Crippen LogP contribution in [0.25, 0.3) is 42.1 Å². The normalized spacial score (nSPS) is 13.0. The molecule has 2 heterocycles. The van der Waals surface area contributed by atoms with E-state index in [0.717, 1.165) is 61.8 Å². The van der Waals surface area contributed by atoms with Gasteiger partial charge in [0, 0.05) is 37.7 Å². The van der Waals surface area contributed by atoms with Crippen molar-refractivity contribution in [3.05, 3.63) is 200 Å². The SMILES string of the molecule is C=C/C=C(\C=C)C(=NCc1ccccc1)N=C(N=C)c1cccc(-c2cccc(N3c4ccccc4Oc4c3c3sc5ccccc5c3c3ccccc43)c2)c1. The fourth-order valence-electron chi connectivity index (χ4n) is 7.40. The Labute approximate surface area is 329 Å². The number of fused-ring (bicyclic) bond motifs is 9. The highest BCUT2D eigenvalue weighted by Gasteiger charge is 2.31. The van der Waals surface area contributed by atoms with Crippen molar-refractivity contribution in [1.82, 2.24) is 0 Å². The van der Waals surface area contributed by atoms with Gasteiger partial charge in [-0.1, -0.05) is 147 Å². The van der Waals surface area contributed by atoms with Gasteiger partial charge in [0.15, 0.2) is 23.2 Å². The van der Waals surface area contributed by atoms with Gasteiger partial charge in [0.1, 0.15) is 5.69 Å². The van der Waals surface area contributed by atoms with Crippen molar-refractivity contribution in [3.8, 4) is 22.6 Å². The summed E-state index contributed by atoms with van der Waals surface area (Å²) in [4.78, 5) is 16.6. The summed E-state index contributed by atoms with van der Waals surface area (Å²) in [5, 5.41) is 4.76. The summed E-state index contributed by atoms with van der Waals surface area (Å²) in [6, 6.07) is 52.5. The molecule has 0 spiro atoms. The zero-order chi connectivity index (χ0) is 38.0. The summed E-state index contributed by atoms with van der Waals surface area (Å²) < 4.78 is 9.27. The van der Waals surface area contributed by atoms with Crippen molar-refractivity contribution in [1.29, 1.82) is 0 Å². The quantitative estimate of drug-likeness (QED) is 0.0885. The first-order valence-electron chi connectivity index (χ1n) is 18.4. The molecular weight excluding hydrogens is 705 g/mol. The van der Waals surface area contributed by atoms with Crippen molar-refractivity contribution in [2.24, 2.45) is 15.0 Å². The molecule has 1 aliphatic rings. The number of nitrogens with zero attached hydrogens (tertiary/aromatic N) is 4. The Morgan fingerprint density at radius 2 is 1.43 bits per heavy atom. The predicted octanol–water partition coefficient (Wildman–Crippen LogP) is 13.8. The minimum atomic E-state index is 0.455. The molecule has 8 aromatic rings. The lowest BCUT2D eigenvalue weighted by Crippen LogP contribution is -2.16. The van der Waals surface area contributed by atoms with Crippen LogP contribution in [0.1, 0.15) is 11.1 Å². The maximum absolute atomic E-state index is 6.84. The van der Waals surface area contributed by atoms with E-state index >= 15 is 0 Å². The van der Waals surface area contributed by atoms with Gasteiger partial charge in [-0.3, -0.25) is 4.99 Å². The summed E-state index contributed by atoms with van der Waals surface area (Å²) in [5.74, 6) is 2.63. The van der Waals surface area contributed by atoms with E-state index in [1.54, 1.807) is 12.2 Å². The smallest absolute Gasteiger partial charge is 0.161 e. The van der Waals surface area contributed by atoms with Gasteiger partial charge in [0.05, 0.1) is 16.9 Å². The fourth-order valence-corrected chi connectivity index (χ4v) is 8.65. The standard InChI is InChI=1S/C50H36N4OS/c1-4-17-34(5-2)50(52-32-33-18-7-6-8-19-33)53-49(51-3)37-22-15-20-35(30-37)36-21-16-23-38(31-36)54-42-27-12-13-28-43(42)55-47-40-25-10-9-24-39(40)45-41-26-11-14-29-44(41)56-48(45)46(47)54/h4-31H,1-3,32H2/b34-17+,52-50?,53-49?. The second-order valence-electron chi connectivity index (χ2n) is 13.3. The largest absolute Gasteiger partial charge is 0.452 e. The number of benzene rings is 7. The highest BCUT2D eigenvalue weighted by atomic mass is 32.1. The van der Waals surface area contributed by atoms with E-state index in [1.807, 2.05) is 72.0 Å². The first-order chi connectivity index (χ1) is 27.6. The number of amidine groups is 2. The second kappa shape index (κ2) is 14.9. The third kappa shape index (κ3) is 6.22. The molecule has 0 bridgehead atoms. The van der Waals surface area contributed by atoms with Crippen LogP contribution in [-0.2, 0) is 6.54 Å². The Balaban J connectivity index is 1.17. The zero-order valence-electron chi connectivity index (χ0n) is 30.6. The Bertz CT molecular complexity index is 2940. The van der Waals surface area contributed by atoms with Crippen LogP contribution in [0.2, 0.25) is 0 Å². The summed E-state index contributed by atoms with van der Waals surface area (Å²) >= 11 is 1.81. The number of hydrogen-bond acceptors (Lipinski definition) is 4. The van der Waals surface area contributed by atoms with E-state index in [9.17, 15) is 0 Å². The molecule has 0 unspecified atom stereocenters. The predicted molar refractivity (Wildman–Crippen MR) is 239 cm³/mol. The minimum absolute atomic E-state index is 0.455. The molecule has 0 radical (unpaired) electrons. The third-order valence-electron chi connectivity index (χ3n) is 9.96. The molecule has 268 valence electrons. The molecular formula is C50H36N4OS. The summed E-state index contributed by atoms with van der Waals surface area (Å²) in [5.41, 5.74) is 7.75. The lowest BCUT2D eigenvalue weighted by molar-refractivity contribution is 0.483. The van der Waals surface area contributed by atoms with E-state index in [2.05, 4.69) is 127 Å². The summed E-state index contributed by atoms with van der Waals surface area (Å²) in [6.45, 7) is 12.3. The zero-order valence-corrected chi connectivity index (χ0v) is 31.4. The van der Waals surface area contributed by atoms with Gasteiger partial charge in [0.2, 0.25) is 0 Å². The van der Waals surface area contributed by atoms with Gasteiger partial charge in [-0.15, -0.1) is 11.3 Å². The van der Waals surface area contributed by atoms with Crippen LogP contribution < -0.4 is 9.64 Å². The average Bonchev–Trinajstić information content (AvgIpc) is 3.65. The van der Waals surface area contributed by atoms with Crippen LogP contribution in [0.5, 0.6) is 11.5 Å². The molecule has 1 aromatic heterocycles. The molecule has 7 aromatic carbocycles. The Hall–Kier alpha value is -7.15. The van der Waals surface area contributed by atoms with Crippen molar-refractivity contribution in [2.45, 2.75) is 6.54 Å². The van der Waals surface area contributed by atoms with Crippen LogP contribution >= 0.6 is 11.3 Å². The Kier molecular flexibility index (Phi) is 9.23. The van der Waals surface area contributed by atoms with Gasteiger partial charge >= 0.3 is 0 Å². The highest BCUT2D eigenvalue weighted by molar-refractivity contribution is 7.26. The monoisotopic (exact) mass is 740 g/mol. The third-order valence-corrected chi connectivity index (χ3v) is 11.1. The molecule has 0 saturated carbocycles. The molecule has 0 amide bonds. The van der Waals surface area contributed by atoms with Crippen molar-refractivity contribution >= 4 is 77.7 Å². The van der Waals surface area contributed by atoms with E-state index in [-0.39, 0.29) is 0 Å². The van der Waals surface area contributed by atoms with E-state index < -0.39 is 0 Å². The number of allylic oxidation sites excluding steroid dienone is 2. The first-order valence-corrected chi connectivity index (χ1v) is 19.2. The fraction of sp³-hybridized carbons (Fsp3) is 0.0200.